The van der Waals surface area contributed by atoms with E-state index in [1.165, 1.54) is 23.1 Å². The fourth-order valence-electron chi connectivity index (χ4n) is 5.79. The Morgan fingerprint density at radius 3 is 2.15 bits per heavy atom. The minimum Gasteiger partial charge on any atom is -0.449 e. The molecule has 1 N–H and O–H groups in total. The first kappa shape index (κ1) is 40.3. The van der Waals surface area contributed by atoms with Crippen molar-refractivity contribution in [2.45, 2.75) is 98.2 Å². The van der Waals surface area contributed by atoms with Crippen molar-refractivity contribution in [3.05, 3.63) is 58.7 Å². The number of esters is 1. The molecule has 0 bridgehead atoms. The molecule has 15 heteroatoms. The van der Waals surface area contributed by atoms with Crippen LogP contribution in [0.1, 0.15) is 88.4 Å². The number of aryl methyl sites for hydroxylation is 1. The van der Waals surface area contributed by atoms with E-state index >= 15 is 0 Å². The van der Waals surface area contributed by atoms with Crippen molar-refractivity contribution >= 4 is 47.3 Å². The summed E-state index contributed by atoms with van der Waals surface area (Å²) in [5, 5.41) is 12.5. The molecule has 2 aromatic rings. The molecule has 0 aliphatic carbocycles. The lowest BCUT2D eigenvalue weighted by molar-refractivity contribution is -0.167. The lowest BCUT2D eigenvalue weighted by Gasteiger charge is -2.35. The summed E-state index contributed by atoms with van der Waals surface area (Å²) in [6.45, 7) is 13.6. The van der Waals surface area contributed by atoms with Gasteiger partial charge in [-0.05, 0) is 109 Å². The monoisotopic (exact) mass is 733 g/mol. The van der Waals surface area contributed by atoms with Crippen molar-refractivity contribution in [2.75, 3.05) is 36.5 Å². The molecule has 0 aromatic heterocycles. The Kier molecular flexibility index (Phi) is 12.5. The molecule has 15 nitrogen and oxygen atoms in total. The SMILES string of the molecule is CC(=O)O[C@@H](C(=O)Nc1ccc(C#N)c(CN(C(=O)OC(C)(C)C)C(=O)OC(C)(C)C)c1)[C@H]1OCCN(c2cc(C)cc(C(=O)N3CCCC3)c2)C1=O. The summed E-state index contributed by atoms with van der Waals surface area (Å²) < 4.78 is 22.0. The van der Waals surface area contributed by atoms with E-state index in [4.69, 9.17) is 18.9 Å². The molecule has 0 saturated carbocycles. The third-order valence-corrected chi connectivity index (χ3v) is 8.01. The zero-order chi connectivity index (χ0) is 39.2. The van der Waals surface area contributed by atoms with Crippen LogP contribution in [-0.4, -0.2) is 95.3 Å². The first-order valence-corrected chi connectivity index (χ1v) is 17.3. The first-order chi connectivity index (χ1) is 24.8. The second-order valence-electron chi connectivity index (χ2n) is 14.9. The summed E-state index contributed by atoms with van der Waals surface area (Å²) in [4.78, 5) is 83.3. The zero-order valence-electron chi connectivity index (χ0n) is 31.4. The van der Waals surface area contributed by atoms with Crippen LogP contribution < -0.4 is 10.2 Å². The van der Waals surface area contributed by atoms with Gasteiger partial charge in [0.05, 0.1) is 24.8 Å². The summed E-state index contributed by atoms with van der Waals surface area (Å²) in [5.74, 6) is -2.56. The Balaban J connectivity index is 1.60. The number of carbonyl (C=O) groups excluding carboxylic acids is 6. The lowest BCUT2D eigenvalue weighted by atomic mass is 10.0. The number of morpholine rings is 1. The molecular formula is C38H47N5O10. The highest BCUT2D eigenvalue weighted by molar-refractivity contribution is 6.05. The fraction of sp³-hybridized carbons (Fsp3) is 0.500. The highest BCUT2D eigenvalue weighted by Gasteiger charge is 2.43. The van der Waals surface area contributed by atoms with Crippen LogP contribution in [-0.2, 0) is 39.9 Å². The number of carbonyl (C=O) groups is 6. The molecule has 2 aromatic carbocycles. The highest BCUT2D eigenvalue weighted by Crippen LogP contribution is 2.27. The van der Waals surface area contributed by atoms with Crippen LogP contribution in [0.3, 0.4) is 0 Å². The van der Waals surface area contributed by atoms with Gasteiger partial charge in [-0.15, -0.1) is 0 Å². The number of hydrogen-bond donors (Lipinski definition) is 1. The van der Waals surface area contributed by atoms with Crippen molar-refractivity contribution in [2.24, 2.45) is 0 Å². The topological polar surface area (TPSA) is 185 Å². The molecule has 0 radical (unpaired) electrons. The number of nitrogens with one attached hydrogen (secondary N) is 1. The van der Waals surface area contributed by atoms with Gasteiger partial charge in [0.2, 0.25) is 6.10 Å². The van der Waals surface area contributed by atoms with E-state index in [2.05, 4.69) is 5.32 Å². The molecule has 2 heterocycles. The van der Waals surface area contributed by atoms with E-state index in [0.29, 0.717) is 29.2 Å². The highest BCUT2D eigenvalue weighted by atomic mass is 16.6. The minimum absolute atomic E-state index is 0.00300. The minimum atomic E-state index is -1.74. The van der Waals surface area contributed by atoms with Crippen molar-refractivity contribution < 1.29 is 47.7 Å². The van der Waals surface area contributed by atoms with Gasteiger partial charge in [0.1, 0.15) is 11.2 Å². The molecule has 4 rings (SSSR count). The summed E-state index contributed by atoms with van der Waals surface area (Å²) in [5.41, 5.74) is 0.0294. The van der Waals surface area contributed by atoms with Crippen LogP contribution in [0.4, 0.5) is 21.0 Å². The maximum atomic E-state index is 13.9. The number of imide groups is 1. The Labute approximate surface area is 309 Å². The van der Waals surface area contributed by atoms with E-state index in [1.807, 2.05) is 13.0 Å². The molecule has 2 aliphatic heterocycles. The molecule has 5 amide bonds. The van der Waals surface area contributed by atoms with Crippen molar-refractivity contribution in [1.82, 2.24) is 9.80 Å². The summed E-state index contributed by atoms with van der Waals surface area (Å²) >= 11 is 0. The fourth-order valence-corrected chi connectivity index (χ4v) is 5.79. The lowest BCUT2D eigenvalue weighted by Crippen LogP contribution is -2.56. The number of nitrogens with zero attached hydrogens (tertiary/aromatic N) is 4. The summed E-state index contributed by atoms with van der Waals surface area (Å²) in [6, 6.07) is 11.3. The third-order valence-electron chi connectivity index (χ3n) is 8.01. The van der Waals surface area contributed by atoms with Gasteiger partial charge in [-0.1, -0.05) is 0 Å². The normalized spacial score (nSPS) is 16.7. The number of benzene rings is 2. The average Bonchev–Trinajstić information content (AvgIpc) is 3.59. The Hall–Kier alpha value is -5.49. The Morgan fingerprint density at radius 2 is 1.58 bits per heavy atom. The second kappa shape index (κ2) is 16.5. The van der Waals surface area contributed by atoms with Gasteiger partial charge >= 0.3 is 18.2 Å². The molecule has 0 spiro atoms. The van der Waals surface area contributed by atoms with Crippen molar-refractivity contribution in [1.29, 1.82) is 5.26 Å². The smallest absolute Gasteiger partial charge is 0.420 e. The summed E-state index contributed by atoms with van der Waals surface area (Å²) in [6.07, 6.45) is -3.46. The third kappa shape index (κ3) is 10.8. The summed E-state index contributed by atoms with van der Waals surface area (Å²) in [7, 11) is 0. The second-order valence-corrected chi connectivity index (χ2v) is 14.9. The van der Waals surface area contributed by atoms with Crippen LogP contribution in [0.2, 0.25) is 0 Å². The number of hydrogen-bond acceptors (Lipinski definition) is 11. The maximum Gasteiger partial charge on any atom is 0.420 e. The Bertz CT molecular complexity index is 1770. The number of anilines is 2. The van der Waals surface area contributed by atoms with E-state index in [1.54, 1.807) is 64.6 Å². The van der Waals surface area contributed by atoms with E-state index in [0.717, 1.165) is 25.3 Å². The van der Waals surface area contributed by atoms with Gasteiger partial charge in [0.15, 0.2) is 6.10 Å². The van der Waals surface area contributed by atoms with E-state index in [9.17, 15) is 34.0 Å². The van der Waals surface area contributed by atoms with Crippen molar-refractivity contribution in [3.8, 4) is 6.07 Å². The van der Waals surface area contributed by atoms with Crippen LogP contribution in [0.5, 0.6) is 0 Å². The molecular weight excluding hydrogens is 686 g/mol. The largest absolute Gasteiger partial charge is 0.449 e. The molecule has 2 aliphatic rings. The Morgan fingerprint density at radius 1 is 0.962 bits per heavy atom. The van der Waals surface area contributed by atoms with Crippen LogP contribution in [0.15, 0.2) is 36.4 Å². The first-order valence-electron chi connectivity index (χ1n) is 17.3. The maximum absolute atomic E-state index is 13.9. The predicted octanol–water partition coefficient (Wildman–Crippen LogP) is 5.08. The van der Waals surface area contributed by atoms with Crippen LogP contribution in [0.25, 0.3) is 0 Å². The van der Waals surface area contributed by atoms with E-state index in [-0.39, 0.29) is 35.9 Å². The predicted molar refractivity (Wildman–Crippen MR) is 192 cm³/mol. The molecule has 53 heavy (non-hydrogen) atoms. The number of ether oxygens (including phenoxy) is 4. The van der Waals surface area contributed by atoms with Crippen LogP contribution >= 0.6 is 0 Å². The molecule has 2 saturated heterocycles. The van der Waals surface area contributed by atoms with Gasteiger partial charge in [-0.25, -0.2) is 14.5 Å². The van der Waals surface area contributed by atoms with Gasteiger partial charge in [0.25, 0.3) is 17.7 Å². The number of rotatable bonds is 8. The van der Waals surface area contributed by atoms with Crippen LogP contribution in [0, 0.1) is 18.3 Å². The standard InChI is InChI=1S/C38H47N5O10/c1-23-17-26(33(46)41-13-9-10-14-41)20-29(18-23)42-15-16-50-31(34(42)47)30(51-24(2)44)32(45)40-28-12-11-25(21-39)27(19-28)22-43(35(48)52-37(3,4)5)36(49)53-38(6,7)8/h11-12,17-20,30-31H,9-10,13-16,22H2,1-8H3,(H,40,45)/t30-,31-/m1/s1. The van der Waals surface area contributed by atoms with Gasteiger partial charge in [-0.2, -0.15) is 5.26 Å². The van der Waals surface area contributed by atoms with Crippen molar-refractivity contribution in [3.63, 3.8) is 0 Å². The van der Waals surface area contributed by atoms with Gasteiger partial charge in [0, 0.05) is 43.5 Å². The number of nitriles is 1. The quantitative estimate of drug-likeness (QED) is 0.282. The zero-order valence-corrected chi connectivity index (χ0v) is 31.4. The van der Waals surface area contributed by atoms with Gasteiger partial charge < -0.3 is 34.1 Å². The number of likely N-dealkylation sites (tertiary alicyclic amines) is 1. The van der Waals surface area contributed by atoms with Gasteiger partial charge in [-0.3, -0.25) is 19.2 Å². The average molecular weight is 734 g/mol. The molecule has 0 unspecified atom stereocenters. The number of amides is 5. The molecule has 2 atom stereocenters. The van der Waals surface area contributed by atoms with E-state index < -0.39 is 59.9 Å². The molecule has 2 fully saturated rings. The molecule has 284 valence electrons.